The summed E-state index contributed by atoms with van der Waals surface area (Å²) in [5.74, 6) is 0. The lowest BCUT2D eigenvalue weighted by Crippen LogP contribution is -2.34. The van der Waals surface area contributed by atoms with Crippen molar-refractivity contribution in [2.75, 3.05) is 21.8 Å². The number of sulfonamides is 2. The number of benzene rings is 2. The Morgan fingerprint density at radius 3 is 2.35 bits per heavy atom. The number of aryl methyl sites for hydroxylation is 2. The normalized spacial score (nSPS) is 14.8. The molecule has 0 fully saturated rings. The Bertz CT molecular complexity index is 1010. The van der Waals surface area contributed by atoms with Gasteiger partial charge in [-0.05, 0) is 54.7 Å². The summed E-state index contributed by atoms with van der Waals surface area (Å²) < 4.78 is 53.1. The summed E-state index contributed by atoms with van der Waals surface area (Å²) >= 11 is 0. The number of hydrogen-bond donors (Lipinski definition) is 1. The summed E-state index contributed by atoms with van der Waals surface area (Å²) in [5, 5.41) is 0. The molecular weight excluding hydrogens is 372 g/mol. The summed E-state index contributed by atoms with van der Waals surface area (Å²) in [6, 6.07) is 11.8. The number of fused-ring (bicyclic) bond motifs is 1. The van der Waals surface area contributed by atoms with Gasteiger partial charge < -0.3 is 0 Å². The third-order valence-electron chi connectivity index (χ3n) is 4.46. The van der Waals surface area contributed by atoms with E-state index in [4.69, 9.17) is 0 Å². The van der Waals surface area contributed by atoms with Crippen molar-refractivity contribution >= 4 is 31.4 Å². The van der Waals surface area contributed by atoms with Crippen LogP contribution in [0.5, 0.6) is 0 Å². The van der Waals surface area contributed by atoms with Crippen LogP contribution in [0.4, 0.5) is 11.4 Å². The number of anilines is 2. The van der Waals surface area contributed by atoms with Gasteiger partial charge in [0.15, 0.2) is 0 Å². The first-order valence-corrected chi connectivity index (χ1v) is 11.8. The zero-order valence-electron chi connectivity index (χ0n) is 14.8. The van der Waals surface area contributed by atoms with Gasteiger partial charge in [-0.2, -0.15) is 0 Å². The van der Waals surface area contributed by atoms with Gasteiger partial charge in [0.05, 0.1) is 22.5 Å². The first-order valence-electron chi connectivity index (χ1n) is 8.43. The molecule has 1 aliphatic heterocycles. The van der Waals surface area contributed by atoms with Gasteiger partial charge in [-0.1, -0.05) is 25.1 Å². The zero-order valence-corrected chi connectivity index (χ0v) is 16.4. The highest BCUT2D eigenvalue weighted by atomic mass is 32.2. The number of hydrogen-bond acceptors (Lipinski definition) is 4. The van der Waals surface area contributed by atoms with E-state index >= 15 is 0 Å². The number of rotatable bonds is 5. The molecule has 26 heavy (non-hydrogen) atoms. The third kappa shape index (κ3) is 3.86. The van der Waals surface area contributed by atoms with Gasteiger partial charge in [-0.3, -0.25) is 9.03 Å². The monoisotopic (exact) mass is 394 g/mol. The predicted octanol–water partition coefficient (Wildman–Crippen LogP) is 2.76. The Hall–Kier alpha value is -2.06. The molecule has 2 aromatic carbocycles. The Balaban J connectivity index is 1.93. The Labute approximate surface area is 155 Å². The van der Waals surface area contributed by atoms with Crippen LogP contribution in [0.1, 0.15) is 24.5 Å². The number of nitrogens with one attached hydrogen (secondary N) is 1. The molecule has 0 unspecified atom stereocenters. The summed E-state index contributed by atoms with van der Waals surface area (Å²) in [6.45, 7) is 2.41. The van der Waals surface area contributed by atoms with Crippen molar-refractivity contribution in [2.45, 2.75) is 31.1 Å². The standard InChI is InChI=1S/C18H22N2O4S2/c1-3-14-6-10-17(11-7-14)26(23,24)19-16-9-8-15-5-4-12-20(18(15)13-16)25(2,21)22/h6-11,13,19H,3-5,12H2,1-2H3. The SMILES string of the molecule is CCc1ccc(S(=O)(=O)Nc2ccc3c(c2)N(S(C)(=O)=O)CCC3)cc1. The van der Waals surface area contributed by atoms with E-state index in [1.807, 2.05) is 6.92 Å². The maximum atomic E-state index is 12.6. The molecule has 0 bridgehead atoms. The van der Waals surface area contributed by atoms with Gasteiger partial charge in [-0.25, -0.2) is 16.8 Å². The molecule has 0 saturated carbocycles. The fourth-order valence-corrected chi connectivity index (χ4v) is 5.10. The molecule has 140 valence electrons. The Morgan fingerprint density at radius 1 is 1.04 bits per heavy atom. The molecule has 0 radical (unpaired) electrons. The molecule has 1 heterocycles. The highest BCUT2D eigenvalue weighted by Crippen LogP contribution is 2.32. The van der Waals surface area contributed by atoms with Crippen LogP contribution >= 0.6 is 0 Å². The summed E-state index contributed by atoms with van der Waals surface area (Å²) in [5.41, 5.74) is 2.84. The third-order valence-corrected chi connectivity index (χ3v) is 7.03. The maximum absolute atomic E-state index is 12.6. The van der Waals surface area contributed by atoms with Crippen LogP contribution in [-0.2, 0) is 32.9 Å². The minimum absolute atomic E-state index is 0.174. The molecule has 6 nitrogen and oxygen atoms in total. The first kappa shape index (κ1) is 18.7. The smallest absolute Gasteiger partial charge is 0.261 e. The largest absolute Gasteiger partial charge is 0.280 e. The van der Waals surface area contributed by atoms with Crippen LogP contribution in [0, 0.1) is 0 Å². The molecule has 0 spiro atoms. The van der Waals surface area contributed by atoms with Crippen LogP contribution in [0.25, 0.3) is 0 Å². The summed E-state index contributed by atoms with van der Waals surface area (Å²) in [4.78, 5) is 0.174. The minimum Gasteiger partial charge on any atom is -0.280 e. The van der Waals surface area contributed by atoms with Crippen molar-refractivity contribution in [1.82, 2.24) is 0 Å². The van der Waals surface area contributed by atoms with Crippen LogP contribution in [-0.4, -0.2) is 29.6 Å². The molecule has 0 aliphatic carbocycles. The van der Waals surface area contributed by atoms with E-state index in [0.29, 0.717) is 17.9 Å². The van der Waals surface area contributed by atoms with E-state index < -0.39 is 20.0 Å². The molecule has 1 aliphatic rings. The van der Waals surface area contributed by atoms with Gasteiger partial charge in [0.2, 0.25) is 10.0 Å². The van der Waals surface area contributed by atoms with Crippen molar-refractivity contribution in [2.24, 2.45) is 0 Å². The van der Waals surface area contributed by atoms with Crippen molar-refractivity contribution in [1.29, 1.82) is 0 Å². The van der Waals surface area contributed by atoms with Crippen molar-refractivity contribution in [3.05, 3.63) is 53.6 Å². The second-order valence-electron chi connectivity index (χ2n) is 6.39. The number of nitrogens with zero attached hydrogens (tertiary/aromatic N) is 1. The molecule has 2 aromatic rings. The zero-order chi connectivity index (χ0) is 18.9. The second-order valence-corrected chi connectivity index (χ2v) is 9.97. The van der Waals surface area contributed by atoms with Crippen LogP contribution < -0.4 is 9.03 Å². The minimum atomic E-state index is -3.74. The quantitative estimate of drug-likeness (QED) is 0.845. The summed E-state index contributed by atoms with van der Waals surface area (Å²) in [6.07, 6.45) is 3.51. The van der Waals surface area contributed by atoms with Crippen LogP contribution in [0.15, 0.2) is 47.4 Å². The molecule has 0 amide bonds. The lowest BCUT2D eigenvalue weighted by molar-refractivity contribution is 0.592. The average molecular weight is 395 g/mol. The molecule has 0 saturated heterocycles. The van der Waals surface area contributed by atoms with Gasteiger partial charge in [0.25, 0.3) is 10.0 Å². The maximum Gasteiger partial charge on any atom is 0.261 e. The summed E-state index contributed by atoms with van der Waals surface area (Å²) in [7, 11) is -7.14. The van der Waals surface area contributed by atoms with Gasteiger partial charge in [-0.15, -0.1) is 0 Å². The van der Waals surface area contributed by atoms with Gasteiger partial charge in [0, 0.05) is 6.54 Å². The van der Waals surface area contributed by atoms with Crippen LogP contribution in [0.2, 0.25) is 0 Å². The topological polar surface area (TPSA) is 83.6 Å². The fraction of sp³-hybridized carbons (Fsp3) is 0.333. The fourth-order valence-electron chi connectivity index (χ4n) is 3.07. The van der Waals surface area contributed by atoms with E-state index in [1.54, 1.807) is 42.5 Å². The van der Waals surface area contributed by atoms with Gasteiger partial charge in [0.1, 0.15) is 0 Å². The molecule has 0 aromatic heterocycles. The lowest BCUT2D eigenvalue weighted by Gasteiger charge is -2.29. The van der Waals surface area contributed by atoms with E-state index in [-0.39, 0.29) is 4.90 Å². The lowest BCUT2D eigenvalue weighted by atomic mass is 10.0. The molecule has 1 N–H and O–H groups in total. The van der Waals surface area contributed by atoms with Crippen LogP contribution in [0.3, 0.4) is 0 Å². The predicted molar refractivity (Wildman–Crippen MR) is 104 cm³/mol. The van der Waals surface area contributed by atoms with E-state index in [2.05, 4.69) is 4.72 Å². The van der Waals surface area contributed by atoms with Crippen molar-refractivity contribution in [3.63, 3.8) is 0 Å². The van der Waals surface area contributed by atoms with E-state index in [9.17, 15) is 16.8 Å². The Morgan fingerprint density at radius 2 is 1.73 bits per heavy atom. The van der Waals surface area contributed by atoms with E-state index in [1.165, 1.54) is 4.31 Å². The first-order chi connectivity index (χ1) is 12.2. The van der Waals surface area contributed by atoms with Crippen molar-refractivity contribution < 1.29 is 16.8 Å². The van der Waals surface area contributed by atoms with E-state index in [0.717, 1.165) is 36.6 Å². The molecule has 0 atom stereocenters. The molecular formula is C18H22N2O4S2. The second kappa shape index (κ2) is 6.92. The molecule has 3 rings (SSSR count). The molecule has 8 heteroatoms. The van der Waals surface area contributed by atoms with Gasteiger partial charge >= 0.3 is 0 Å². The van der Waals surface area contributed by atoms with Crippen molar-refractivity contribution in [3.8, 4) is 0 Å². The Kier molecular flexibility index (Phi) is 4.98. The highest BCUT2D eigenvalue weighted by Gasteiger charge is 2.25. The average Bonchev–Trinajstić information content (AvgIpc) is 2.60. The highest BCUT2D eigenvalue weighted by molar-refractivity contribution is 7.92.